The van der Waals surface area contributed by atoms with Gasteiger partial charge in [0.15, 0.2) is 0 Å². The number of rotatable bonds is 1. The number of nitrogens with one attached hydrogen (secondary N) is 2. The van der Waals surface area contributed by atoms with Crippen molar-refractivity contribution in [3.05, 3.63) is 44.5 Å². The molecule has 0 radical (unpaired) electrons. The van der Waals surface area contributed by atoms with Crippen LogP contribution in [-0.4, -0.2) is 9.97 Å². The van der Waals surface area contributed by atoms with E-state index in [1.165, 1.54) is 0 Å². The maximum atomic E-state index is 11.0. The number of fused-ring (bicyclic) bond motifs is 1. The van der Waals surface area contributed by atoms with E-state index in [4.69, 9.17) is 0 Å². The van der Waals surface area contributed by atoms with E-state index in [2.05, 4.69) is 9.97 Å². The third-order valence-corrected chi connectivity index (χ3v) is 2.19. The van der Waals surface area contributed by atoms with Crippen LogP contribution in [-0.2, 0) is 6.42 Å². The number of aromatic amines is 2. The van der Waals surface area contributed by atoms with E-state index in [0.29, 0.717) is 11.0 Å². The number of hydrogen-bond donors (Lipinski definition) is 2. The minimum Gasteiger partial charge on any atom is -0.316 e. The van der Waals surface area contributed by atoms with Crippen molar-refractivity contribution in [2.75, 3.05) is 0 Å². The van der Waals surface area contributed by atoms with Gasteiger partial charge in [-0.3, -0.25) is 9.59 Å². The van der Waals surface area contributed by atoms with Gasteiger partial charge in [-0.15, -0.1) is 0 Å². The second-order valence-corrected chi connectivity index (χ2v) is 3.14. The van der Waals surface area contributed by atoms with Gasteiger partial charge in [-0.2, -0.15) is 0 Å². The molecule has 0 aliphatic rings. The first kappa shape index (κ1) is 8.74. The van der Waals surface area contributed by atoms with Crippen LogP contribution in [0.2, 0.25) is 0 Å². The molecule has 0 aliphatic heterocycles. The fourth-order valence-corrected chi connectivity index (χ4v) is 1.38. The summed E-state index contributed by atoms with van der Waals surface area (Å²) in [5.74, 6) is 0. The number of H-pyrrole nitrogens is 2. The van der Waals surface area contributed by atoms with E-state index < -0.39 is 11.1 Å². The SMILES string of the molecule is CCc1ccc2[nH]c(=O)c(=O)[nH]c2c1. The Morgan fingerprint density at radius 3 is 2.36 bits per heavy atom. The Morgan fingerprint density at radius 2 is 1.71 bits per heavy atom. The average Bonchev–Trinajstić information content (AvgIpc) is 2.19. The van der Waals surface area contributed by atoms with Gasteiger partial charge in [-0.1, -0.05) is 13.0 Å². The Kier molecular flexibility index (Phi) is 1.96. The summed E-state index contributed by atoms with van der Waals surface area (Å²) in [4.78, 5) is 27.1. The summed E-state index contributed by atoms with van der Waals surface area (Å²) in [7, 11) is 0. The van der Waals surface area contributed by atoms with Gasteiger partial charge in [0.25, 0.3) is 0 Å². The van der Waals surface area contributed by atoms with Gasteiger partial charge in [0.2, 0.25) is 0 Å². The molecule has 0 saturated carbocycles. The summed E-state index contributed by atoms with van der Waals surface area (Å²) in [6.45, 7) is 2.03. The van der Waals surface area contributed by atoms with Crippen LogP contribution < -0.4 is 11.1 Å². The molecule has 72 valence electrons. The van der Waals surface area contributed by atoms with Crippen LogP contribution in [0.4, 0.5) is 0 Å². The van der Waals surface area contributed by atoms with E-state index >= 15 is 0 Å². The van der Waals surface area contributed by atoms with Crippen molar-refractivity contribution in [3.8, 4) is 0 Å². The summed E-state index contributed by atoms with van der Waals surface area (Å²) in [5.41, 5.74) is 1.24. The van der Waals surface area contributed by atoms with Crippen LogP contribution in [0.3, 0.4) is 0 Å². The molecule has 1 heterocycles. The normalized spacial score (nSPS) is 10.6. The van der Waals surface area contributed by atoms with Gasteiger partial charge in [0.1, 0.15) is 0 Å². The van der Waals surface area contributed by atoms with Crippen LogP contribution in [0.15, 0.2) is 27.8 Å². The minimum atomic E-state index is -0.609. The third-order valence-electron chi connectivity index (χ3n) is 2.19. The van der Waals surface area contributed by atoms with Crippen LogP contribution in [0, 0.1) is 0 Å². The van der Waals surface area contributed by atoms with E-state index in [0.717, 1.165) is 12.0 Å². The molecule has 0 atom stereocenters. The molecule has 0 spiro atoms. The van der Waals surface area contributed by atoms with Crippen LogP contribution in [0.25, 0.3) is 11.0 Å². The molecule has 4 nitrogen and oxygen atoms in total. The standard InChI is InChI=1S/C10H10N2O2/c1-2-6-3-4-7-8(5-6)12-10(14)9(13)11-7/h3-5H,2H2,1H3,(H,11,13)(H,12,14). The van der Waals surface area contributed by atoms with Crippen molar-refractivity contribution in [2.24, 2.45) is 0 Å². The summed E-state index contributed by atoms with van der Waals surface area (Å²) in [5, 5.41) is 0. The Morgan fingerprint density at radius 1 is 1.07 bits per heavy atom. The van der Waals surface area contributed by atoms with Crippen LogP contribution in [0.1, 0.15) is 12.5 Å². The predicted molar refractivity (Wildman–Crippen MR) is 54.6 cm³/mol. The first-order chi connectivity index (χ1) is 6.70. The zero-order valence-corrected chi connectivity index (χ0v) is 7.76. The van der Waals surface area contributed by atoms with Gasteiger partial charge in [-0.05, 0) is 24.1 Å². The Bertz CT molecular complexity index is 580. The Labute approximate surface area is 79.6 Å². The molecule has 0 bridgehead atoms. The van der Waals surface area contributed by atoms with E-state index in [9.17, 15) is 9.59 Å². The number of benzene rings is 1. The van der Waals surface area contributed by atoms with Gasteiger partial charge in [0.05, 0.1) is 11.0 Å². The molecular formula is C10H10N2O2. The lowest BCUT2D eigenvalue weighted by Gasteiger charge is -1.99. The summed E-state index contributed by atoms with van der Waals surface area (Å²) < 4.78 is 0. The molecule has 0 unspecified atom stereocenters. The molecule has 1 aromatic heterocycles. The van der Waals surface area contributed by atoms with Crippen molar-refractivity contribution in [1.82, 2.24) is 9.97 Å². The van der Waals surface area contributed by atoms with Crippen molar-refractivity contribution >= 4 is 11.0 Å². The summed E-state index contributed by atoms with van der Waals surface area (Å²) in [6, 6.07) is 5.59. The highest BCUT2D eigenvalue weighted by atomic mass is 16.2. The highest BCUT2D eigenvalue weighted by Crippen LogP contribution is 2.09. The molecule has 0 amide bonds. The van der Waals surface area contributed by atoms with E-state index in [1.807, 2.05) is 19.1 Å². The third kappa shape index (κ3) is 1.35. The molecular weight excluding hydrogens is 180 g/mol. The Hall–Kier alpha value is -1.84. The number of aryl methyl sites for hydroxylation is 1. The second kappa shape index (κ2) is 3.14. The first-order valence-corrected chi connectivity index (χ1v) is 4.46. The smallest absolute Gasteiger partial charge is 0.314 e. The van der Waals surface area contributed by atoms with Crippen molar-refractivity contribution in [1.29, 1.82) is 0 Å². The zero-order valence-electron chi connectivity index (χ0n) is 7.76. The van der Waals surface area contributed by atoms with Gasteiger partial charge in [0, 0.05) is 0 Å². The first-order valence-electron chi connectivity index (χ1n) is 4.46. The average molecular weight is 190 g/mol. The monoisotopic (exact) mass is 190 g/mol. The fourth-order valence-electron chi connectivity index (χ4n) is 1.38. The largest absolute Gasteiger partial charge is 0.316 e. The van der Waals surface area contributed by atoms with Gasteiger partial charge >= 0.3 is 11.1 Å². The van der Waals surface area contributed by atoms with Gasteiger partial charge < -0.3 is 9.97 Å². The molecule has 1 aromatic carbocycles. The van der Waals surface area contributed by atoms with Crippen molar-refractivity contribution < 1.29 is 0 Å². The van der Waals surface area contributed by atoms with Gasteiger partial charge in [-0.25, -0.2) is 0 Å². The quantitative estimate of drug-likeness (QED) is 0.652. The lowest BCUT2D eigenvalue weighted by atomic mass is 10.1. The molecule has 0 aliphatic carbocycles. The maximum absolute atomic E-state index is 11.0. The molecule has 2 rings (SSSR count). The molecule has 2 N–H and O–H groups in total. The van der Waals surface area contributed by atoms with Crippen LogP contribution in [0.5, 0.6) is 0 Å². The topological polar surface area (TPSA) is 65.7 Å². The molecule has 4 heteroatoms. The van der Waals surface area contributed by atoms with Crippen molar-refractivity contribution in [2.45, 2.75) is 13.3 Å². The lowest BCUT2D eigenvalue weighted by molar-refractivity contribution is 1.11. The summed E-state index contributed by atoms with van der Waals surface area (Å²) in [6.07, 6.45) is 0.900. The predicted octanol–water partition coefficient (Wildman–Crippen LogP) is 0.779. The Balaban J connectivity index is 2.83. The van der Waals surface area contributed by atoms with Crippen LogP contribution >= 0.6 is 0 Å². The fraction of sp³-hybridized carbons (Fsp3) is 0.200. The molecule has 0 saturated heterocycles. The molecule has 2 aromatic rings. The number of hydrogen-bond acceptors (Lipinski definition) is 2. The highest BCUT2D eigenvalue weighted by molar-refractivity contribution is 5.74. The molecule has 0 fully saturated rings. The highest BCUT2D eigenvalue weighted by Gasteiger charge is 1.99. The maximum Gasteiger partial charge on any atom is 0.314 e. The second-order valence-electron chi connectivity index (χ2n) is 3.14. The number of aromatic nitrogens is 2. The lowest BCUT2D eigenvalue weighted by Crippen LogP contribution is -2.28. The van der Waals surface area contributed by atoms with Crippen molar-refractivity contribution in [3.63, 3.8) is 0 Å². The molecule has 14 heavy (non-hydrogen) atoms. The van der Waals surface area contributed by atoms with E-state index in [-0.39, 0.29) is 0 Å². The van der Waals surface area contributed by atoms with E-state index in [1.54, 1.807) is 6.07 Å². The minimum absolute atomic E-state index is 0.606. The zero-order chi connectivity index (χ0) is 10.1. The summed E-state index contributed by atoms with van der Waals surface area (Å²) >= 11 is 0.